The first-order chi connectivity index (χ1) is 11.7. The molecule has 124 valence electrons. The molecular formula is C19H19BrN2OS. The maximum absolute atomic E-state index is 5.90. The molecule has 24 heavy (non-hydrogen) atoms. The van der Waals surface area contributed by atoms with Crippen LogP contribution in [-0.2, 0) is 6.61 Å². The predicted molar refractivity (Wildman–Crippen MR) is 103 cm³/mol. The Balaban J connectivity index is 1.73. The molecule has 3 aromatic rings. The second-order valence-electron chi connectivity index (χ2n) is 5.50. The van der Waals surface area contributed by atoms with Crippen LogP contribution < -0.4 is 10.1 Å². The number of rotatable bonds is 6. The average Bonchev–Trinajstić information content (AvgIpc) is 3.11. The first-order valence-corrected chi connectivity index (χ1v) is 9.44. The number of thiazole rings is 1. The topological polar surface area (TPSA) is 34.2 Å². The summed E-state index contributed by atoms with van der Waals surface area (Å²) < 4.78 is 6.84. The lowest BCUT2D eigenvalue weighted by atomic mass is 10.1. The van der Waals surface area contributed by atoms with E-state index in [0.717, 1.165) is 32.1 Å². The van der Waals surface area contributed by atoms with E-state index in [1.165, 1.54) is 0 Å². The normalized spacial score (nSPS) is 12.1. The molecular weight excluding hydrogens is 384 g/mol. The third kappa shape index (κ3) is 4.04. The lowest BCUT2D eigenvalue weighted by molar-refractivity contribution is 0.304. The zero-order valence-corrected chi connectivity index (χ0v) is 16.0. The minimum Gasteiger partial charge on any atom is -0.488 e. The van der Waals surface area contributed by atoms with Crippen LogP contribution in [0.4, 0.5) is 0 Å². The van der Waals surface area contributed by atoms with Crippen molar-refractivity contribution in [1.82, 2.24) is 10.3 Å². The number of ether oxygens (including phenoxy) is 1. The van der Waals surface area contributed by atoms with E-state index < -0.39 is 0 Å². The van der Waals surface area contributed by atoms with Crippen LogP contribution >= 0.6 is 27.3 Å². The molecule has 1 atom stereocenters. The van der Waals surface area contributed by atoms with Gasteiger partial charge in [0.15, 0.2) is 0 Å². The highest BCUT2D eigenvalue weighted by molar-refractivity contribution is 9.10. The molecule has 2 aromatic carbocycles. The van der Waals surface area contributed by atoms with Gasteiger partial charge in [-0.2, -0.15) is 0 Å². The van der Waals surface area contributed by atoms with Crippen molar-refractivity contribution in [3.05, 3.63) is 69.0 Å². The highest BCUT2D eigenvalue weighted by Crippen LogP contribution is 2.32. The number of hydrogen-bond donors (Lipinski definition) is 1. The SMILES string of the molecule is CNC(C)c1nc(-c2ccc(OCc3ccccc3)c(Br)c2)cs1. The van der Waals surface area contributed by atoms with Gasteiger partial charge in [0.05, 0.1) is 16.2 Å². The second kappa shape index (κ2) is 7.92. The second-order valence-corrected chi connectivity index (χ2v) is 7.24. The van der Waals surface area contributed by atoms with Crippen LogP contribution in [-0.4, -0.2) is 12.0 Å². The summed E-state index contributed by atoms with van der Waals surface area (Å²) in [4.78, 5) is 4.71. The monoisotopic (exact) mass is 402 g/mol. The van der Waals surface area contributed by atoms with Crippen molar-refractivity contribution < 1.29 is 4.74 Å². The van der Waals surface area contributed by atoms with Crippen LogP contribution in [0, 0.1) is 0 Å². The van der Waals surface area contributed by atoms with Gasteiger partial charge in [0.1, 0.15) is 17.4 Å². The standard InChI is InChI=1S/C19H19BrN2OS/c1-13(21-2)19-22-17(12-24-19)15-8-9-18(16(20)10-15)23-11-14-6-4-3-5-7-14/h3-10,12-13,21H,11H2,1-2H3. The Hall–Kier alpha value is -1.69. The lowest BCUT2D eigenvalue weighted by Gasteiger charge is -2.09. The van der Waals surface area contributed by atoms with Gasteiger partial charge in [-0.3, -0.25) is 0 Å². The van der Waals surface area contributed by atoms with E-state index in [-0.39, 0.29) is 6.04 Å². The van der Waals surface area contributed by atoms with Crippen LogP contribution in [0.5, 0.6) is 5.75 Å². The van der Waals surface area contributed by atoms with Crippen molar-refractivity contribution in [2.45, 2.75) is 19.6 Å². The Bertz CT molecular complexity index is 804. The summed E-state index contributed by atoms with van der Waals surface area (Å²) in [5.41, 5.74) is 3.23. The molecule has 3 nitrogen and oxygen atoms in total. The van der Waals surface area contributed by atoms with E-state index in [9.17, 15) is 0 Å². The van der Waals surface area contributed by atoms with E-state index in [2.05, 4.69) is 51.7 Å². The molecule has 0 saturated heterocycles. The Labute approximate surface area is 154 Å². The highest BCUT2D eigenvalue weighted by atomic mass is 79.9. The van der Waals surface area contributed by atoms with Gasteiger partial charge in [-0.1, -0.05) is 30.3 Å². The summed E-state index contributed by atoms with van der Waals surface area (Å²) in [6.45, 7) is 2.67. The van der Waals surface area contributed by atoms with Crippen molar-refractivity contribution in [2.75, 3.05) is 7.05 Å². The van der Waals surface area contributed by atoms with Crippen LogP contribution in [0.15, 0.2) is 58.4 Å². The van der Waals surface area contributed by atoms with Crippen LogP contribution in [0.1, 0.15) is 23.5 Å². The predicted octanol–water partition coefficient (Wildman–Crippen LogP) is 5.43. The zero-order chi connectivity index (χ0) is 16.9. The van der Waals surface area contributed by atoms with Crippen LogP contribution in [0.2, 0.25) is 0 Å². The number of benzene rings is 2. The third-order valence-electron chi connectivity index (χ3n) is 3.79. The molecule has 1 aromatic heterocycles. The molecule has 0 saturated carbocycles. The maximum atomic E-state index is 5.90. The van der Waals surface area contributed by atoms with Crippen molar-refractivity contribution in [1.29, 1.82) is 0 Å². The fourth-order valence-corrected chi connectivity index (χ4v) is 3.64. The van der Waals surface area contributed by atoms with Gasteiger partial charge in [-0.15, -0.1) is 11.3 Å². The van der Waals surface area contributed by atoms with Gasteiger partial charge in [0.2, 0.25) is 0 Å². The fourth-order valence-electron chi connectivity index (χ4n) is 2.26. The van der Waals surface area contributed by atoms with Crippen molar-refractivity contribution in [3.63, 3.8) is 0 Å². The molecule has 0 aliphatic heterocycles. The van der Waals surface area contributed by atoms with Gasteiger partial charge in [0.25, 0.3) is 0 Å². The first kappa shape index (κ1) is 17.1. The fraction of sp³-hybridized carbons (Fsp3) is 0.211. The number of nitrogens with one attached hydrogen (secondary N) is 1. The average molecular weight is 403 g/mol. The summed E-state index contributed by atoms with van der Waals surface area (Å²) in [5.74, 6) is 0.835. The molecule has 0 fully saturated rings. The van der Waals surface area contributed by atoms with Crippen molar-refractivity contribution in [3.8, 4) is 17.0 Å². The Morgan fingerprint density at radius 3 is 2.71 bits per heavy atom. The Kier molecular flexibility index (Phi) is 5.66. The Morgan fingerprint density at radius 1 is 1.21 bits per heavy atom. The smallest absolute Gasteiger partial charge is 0.134 e. The first-order valence-electron chi connectivity index (χ1n) is 7.76. The molecule has 1 N–H and O–H groups in total. The van der Waals surface area contributed by atoms with E-state index in [0.29, 0.717) is 6.61 Å². The third-order valence-corrected chi connectivity index (χ3v) is 5.44. The van der Waals surface area contributed by atoms with Crippen molar-refractivity contribution >= 4 is 27.3 Å². The van der Waals surface area contributed by atoms with Crippen LogP contribution in [0.3, 0.4) is 0 Å². The number of hydrogen-bond acceptors (Lipinski definition) is 4. The molecule has 0 aliphatic rings. The van der Waals surface area contributed by atoms with Crippen LogP contribution in [0.25, 0.3) is 11.3 Å². The summed E-state index contributed by atoms with van der Waals surface area (Å²) in [5, 5.41) is 6.40. The molecule has 3 rings (SSSR count). The summed E-state index contributed by atoms with van der Waals surface area (Å²) in [6.07, 6.45) is 0. The summed E-state index contributed by atoms with van der Waals surface area (Å²) in [7, 11) is 1.95. The molecule has 0 amide bonds. The van der Waals surface area contributed by atoms with E-state index in [1.54, 1.807) is 11.3 Å². The molecule has 5 heteroatoms. The molecule has 0 spiro atoms. The van der Waals surface area contributed by atoms with Gasteiger partial charge in [-0.25, -0.2) is 4.98 Å². The molecule has 0 aliphatic carbocycles. The number of halogens is 1. The Morgan fingerprint density at radius 2 is 2.00 bits per heavy atom. The number of aromatic nitrogens is 1. The lowest BCUT2D eigenvalue weighted by Crippen LogP contribution is -2.11. The summed E-state index contributed by atoms with van der Waals surface area (Å²) in [6, 6.07) is 16.5. The van der Waals surface area contributed by atoms with Gasteiger partial charge in [0, 0.05) is 10.9 Å². The largest absolute Gasteiger partial charge is 0.488 e. The van der Waals surface area contributed by atoms with Gasteiger partial charge < -0.3 is 10.1 Å². The molecule has 1 heterocycles. The van der Waals surface area contributed by atoms with E-state index in [4.69, 9.17) is 9.72 Å². The molecule has 0 radical (unpaired) electrons. The highest BCUT2D eigenvalue weighted by Gasteiger charge is 2.11. The van der Waals surface area contributed by atoms with Gasteiger partial charge >= 0.3 is 0 Å². The summed E-state index contributed by atoms with van der Waals surface area (Å²) >= 11 is 5.28. The molecule has 0 bridgehead atoms. The van der Waals surface area contributed by atoms with E-state index in [1.807, 2.05) is 37.4 Å². The zero-order valence-electron chi connectivity index (χ0n) is 13.6. The van der Waals surface area contributed by atoms with E-state index >= 15 is 0 Å². The maximum Gasteiger partial charge on any atom is 0.134 e. The van der Waals surface area contributed by atoms with Crippen molar-refractivity contribution in [2.24, 2.45) is 0 Å². The molecule has 1 unspecified atom stereocenters. The minimum absolute atomic E-state index is 0.265. The number of nitrogens with zero attached hydrogens (tertiary/aromatic N) is 1. The van der Waals surface area contributed by atoms with Gasteiger partial charge in [-0.05, 0) is 53.7 Å². The minimum atomic E-state index is 0.265. The quantitative estimate of drug-likeness (QED) is 0.596.